The van der Waals surface area contributed by atoms with Crippen LogP contribution in [0, 0.1) is 0 Å². The van der Waals surface area contributed by atoms with Crippen molar-refractivity contribution in [2.24, 2.45) is 0 Å². The molecule has 4 nitrogen and oxygen atoms in total. The second-order valence-corrected chi connectivity index (χ2v) is 12.3. The average molecular weight is 565 g/mol. The number of benzene rings is 2. The Balaban J connectivity index is 1.15. The van der Waals surface area contributed by atoms with E-state index in [9.17, 15) is 0 Å². The maximum Gasteiger partial charge on any atom is 0.213 e. The van der Waals surface area contributed by atoms with Gasteiger partial charge in [0.05, 0.1) is 18.2 Å². The van der Waals surface area contributed by atoms with Crippen molar-refractivity contribution < 1.29 is 18.3 Å². The molecule has 0 bridgehead atoms. The molecule has 1 aliphatic rings. The Labute approximate surface area is 254 Å². The van der Waals surface area contributed by atoms with Gasteiger partial charge in [-0.15, -0.1) is 0 Å². The second kappa shape index (κ2) is 11.5. The Hall–Kier alpha value is -4.70. The van der Waals surface area contributed by atoms with Gasteiger partial charge in [-0.2, -0.15) is 4.57 Å². The fourth-order valence-electron chi connectivity index (χ4n) is 6.75. The third-order valence-corrected chi connectivity index (χ3v) is 9.10. The molecule has 0 aliphatic heterocycles. The number of aryl methyl sites for hydroxylation is 4. The predicted molar refractivity (Wildman–Crippen MR) is 170 cm³/mol. The van der Waals surface area contributed by atoms with Crippen molar-refractivity contribution in [2.45, 2.75) is 58.3 Å². The van der Waals surface area contributed by atoms with Gasteiger partial charge < -0.3 is 0 Å². The lowest BCUT2D eigenvalue weighted by atomic mass is 9.82. The van der Waals surface area contributed by atoms with E-state index < -0.39 is 0 Å². The summed E-state index contributed by atoms with van der Waals surface area (Å²) in [7, 11) is 0. The van der Waals surface area contributed by atoms with Crippen LogP contribution in [0.15, 0.2) is 134 Å². The van der Waals surface area contributed by atoms with Crippen LogP contribution in [0.5, 0.6) is 0 Å². The molecule has 0 saturated heterocycles. The van der Waals surface area contributed by atoms with E-state index in [0.717, 1.165) is 39.0 Å². The van der Waals surface area contributed by atoms with Crippen molar-refractivity contribution >= 4 is 10.9 Å². The molecule has 212 valence electrons. The zero-order chi connectivity index (χ0) is 29.2. The van der Waals surface area contributed by atoms with Gasteiger partial charge >= 0.3 is 0 Å². The van der Waals surface area contributed by atoms with Gasteiger partial charge in [-0.3, -0.25) is 0 Å². The number of fused-ring (bicyclic) bond motifs is 5. The van der Waals surface area contributed by atoms with Crippen LogP contribution >= 0.6 is 0 Å². The molecular formula is C39H40N4+4. The van der Waals surface area contributed by atoms with Crippen LogP contribution in [0.1, 0.15) is 37.8 Å². The number of aromatic nitrogens is 4. The lowest BCUT2D eigenvalue weighted by Crippen LogP contribution is -2.40. The number of hydrogen-bond donors (Lipinski definition) is 0. The topological polar surface area (TPSA) is 15.5 Å². The fraction of sp³-hybridized carbons (Fsp3) is 0.231. The molecule has 1 aliphatic carbocycles. The van der Waals surface area contributed by atoms with E-state index in [1.54, 1.807) is 0 Å². The second-order valence-electron chi connectivity index (χ2n) is 12.3. The minimum atomic E-state index is -0.0789. The normalized spacial score (nSPS) is 13.2. The van der Waals surface area contributed by atoms with E-state index in [4.69, 9.17) is 0 Å². The Morgan fingerprint density at radius 1 is 0.535 bits per heavy atom. The summed E-state index contributed by atoms with van der Waals surface area (Å²) in [5, 5.41) is 1.35. The Bertz CT molecular complexity index is 1880. The Morgan fingerprint density at radius 2 is 1.14 bits per heavy atom. The van der Waals surface area contributed by atoms with Crippen molar-refractivity contribution in [3.63, 3.8) is 0 Å². The minimum absolute atomic E-state index is 0.0789. The third kappa shape index (κ3) is 5.34. The van der Waals surface area contributed by atoms with Crippen molar-refractivity contribution in [3.8, 4) is 22.3 Å². The smallest absolute Gasteiger partial charge is 0.205 e. The van der Waals surface area contributed by atoms with Crippen LogP contribution in [0.25, 0.3) is 33.2 Å². The molecule has 0 spiro atoms. The molecule has 0 saturated carbocycles. The van der Waals surface area contributed by atoms with Gasteiger partial charge in [0.15, 0.2) is 69.6 Å². The summed E-state index contributed by atoms with van der Waals surface area (Å²) in [6.45, 7) is 8.81. The minimum Gasteiger partial charge on any atom is -0.205 e. The molecule has 0 fully saturated rings. The predicted octanol–water partition coefficient (Wildman–Crippen LogP) is 6.14. The van der Waals surface area contributed by atoms with Crippen molar-refractivity contribution in [1.29, 1.82) is 0 Å². The van der Waals surface area contributed by atoms with E-state index in [2.05, 4.69) is 166 Å². The molecule has 0 atom stereocenters. The summed E-state index contributed by atoms with van der Waals surface area (Å²) in [6.07, 6.45) is 17.6. The summed E-state index contributed by atoms with van der Waals surface area (Å²) < 4.78 is 9.29. The molecule has 6 aromatic rings. The largest absolute Gasteiger partial charge is 0.213 e. The molecular weight excluding hydrogens is 524 g/mol. The standard InChI is InChI=1S/C39H40N4/c1-39(2)35-29-32(31-17-27-42(28-18-31)24-11-23-40-19-7-3-8-20-40)15-16-33(35)38-34-13-5-6-14-37(34)43(30-36(38)39)26-12-25-41-21-9-4-10-22-41/h3-10,13-22,27-30H,11-12,23-26H2,1-2H3/q+4. The van der Waals surface area contributed by atoms with Gasteiger partial charge in [-0.05, 0) is 34.4 Å². The summed E-state index contributed by atoms with van der Waals surface area (Å²) in [6, 6.07) is 33.1. The molecule has 4 aromatic heterocycles. The molecule has 7 rings (SSSR count). The SMILES string of the molecule is CC1(C)c2cc(-c3cc[n+](CCC[n+]4ccccc4)cc3)ccc2-c2c1c[n+](CCC[n+]1ccccc1)c1ccccc21. The zero-order valence-electron chi connectivity index (χ0n) is 25.2. The van der Waals surface area contributed by atoms with E-state index in [-0.39, 0.29) is 5.41 Å². The monoisotopic (exact) mass is 564 g/mol. The van der Waals surface area contributed by atoms with E-state index >= 15 is 0 Å². The maximum absolute atomic E-state index is 2.48. The first-order valence-electron chi connectivity index (χ1n) is 15.6. The van der Waals surface area contributed by atoms with Gasteiger partial charge in [0, 0.05) is 59.0 Å². The lowest BCUT2D eigenvalue weighted by Gasteiger charge is -2.21. The number of hydrogen-bond acceptors (Lipinski definition) is 0. The quantitative estimate of drug-likeness (QED) is 0.188. The fourth-order valence-corrected chi connectivity index (χ4v) is 6.75. The summed E-state index contributed by atoms with van der Waals surface area (Å²) in [5.74, 6) is 0. The van der Waals surface area contributed by atoms with Crippen LogP contribution in [-0.4, -0.2) is 0 Å². The van der Waals surface area contributed by atoms with E-state index in [0.29, 0.717) is 0 Å². The highest BCUT2D eigenvalue weighted by Gasteiger charge is 2.39. The van der Waals surface area contributed by atoms with Crippen molar-refractivity contribution in [2.75, 3.05) is 0 Å². The number of pyridine rings is 4. The molecule has 4 heteroatoms. The highest BCUT2D eigenvalue weighted by molar-refractivity contribution is 5.99. The molecule has 0 N–H and O–H groups in total. The molecule has 0 unspecified atom stereocenters. The third-order valence-electron chi connectivity index (χ3n) is 9.10. The molecule has 2 aromatic carbocycles. The van der Waals surface area contributed by atoms with Crippen LogP contribution < -0.4 is 18.3 Å². The summed E-state index contributed by atoms with van der Waals surface area (Å²) in [5.41, 5.74) is 9.39. The maximum atomic E-state index is 2.48. The summed E-state index contributed by atoms with van der Waals surface area (Å²) >= 11 is 0. The number of rotatable bonds is 9. The van der Waals surface area contributed by atoms with Gasteiger partial charge in [0.25, 0.3) is 0 Å². The lowest BCUT2D eigenvalue weighted by molar-refractivity contribution is -0.726. The number of para-hydroxylation sites is 1. The van der Waals surface area contributed by atoms with Gasteiger partial charge in [-0.1, -0.05) is 50.2 Å². The Kier molecular flexibility index (Phi) is 7.28. The first kappa shape index (κ1) is 27.2. The molecule has 0 radical (unpaired) electrons. The van der Waals surface area contributed by atoms with Crippen LogP contribution in [-0.2, 0) is 31.6 Å². The zero-order valence-corrected chi connectivity index (χ0v) is 25.2. The Morgan fingerprint density at radius 3 is 1.81 bits per heavy atom. The molecule has 43 heavy (non-hydrogen) atoms. The first-order chi connectivity index (χ1) is 21.1. The highest BCUT2D eigenvalue weighted by atomic mass is 15.0. The molecule has 0 amide bonds. The van der Waals surface area contributed by atoms with Crippen LogP contribution in [0.4, 0.5) is 0 Å². The van der Waals surface area contributed by atoms with Gasteiger partial charge in [0.1, 0.15) is 0 Å². The van der Waals surface area contributed by atoms with Crippen molar-refractivity contribution in [3.05, 3.63) is 146 Å². The van der Waals surface area contributed by atoms with E-state index in [1.165, 1.54) is 44.3 Å². The van der Waals surface area contributed by atoms with Crippen molar-refractivity contribution in [1.82, 2.24) is 0 Å². The van der Waals surface area contributed by atoms with Crippen LogP contribution in [0.3, 0.4) is 0 Å². The van der Waals surface area contributed by atoms with E-state index in [1.807, 2.05) is 0 Å². The first-order valence-corrected chi connectivity index (χ1v) is 15.6. The van der Waals surface area contributed by atoms with Gasteiger partial charge in [0.2, 0.25) is 5.52 Å². The molecule has 4 heterocycles. The number of nitrogens with zero attached hydrogens (tertiary/aromatic N) is 4. The highest BCUT2D eigenvalue weighted by Crippen LogP contribution is 2.51. The average Bonchev–Trinajstić information content (AvgIpc) is 3.28. The van der Waals surface area contributed by atoms with Gasteiger partial charge in [-0.25, -0.2) is 13.7 Å². The van der Waals surface area contributed by atoms with Crippen LogP contribution in [0.2, 0.25) is 0 Å². The summed E-state index contributed by atoms with van der Waals surface area (Å²) in [4.78, 5) is 0.